The van der Waals surface area contributed by atoms with Crippen LogP contribution < -0.4 is 11.1 Å². The Labute approximate surface area is 265 Å². The van der Waals surface area contributed by atoms with Crippen molar-refractivity contribution in [2.75, 3.05) is 71.0 Å². The van der Waals surface area contributed by atoms with Crippen LogP contribution in [0, 0.1) is 10.7 Å². The van der Waals surface area contributed by atoms with Crippen LogP contribution in [0.25, 0.3) is 0 Å². The first-order valence-corrected chi connectivity index (χ1v) is 14.7. The number of anilines is 1. The van der Waals surface area contributed by atoms with Gasteiger partial charge in [0.05, 0.1) is 56.9 Å². The Morgan fingerprint density at radius 1 is 0.692 bits per heavy atom. The lowest BCUT2D eigenvalue weighted by molar-refractivity contribution is -0.133. The van der Waals surface area contributed by atoms with E-state index in [1.54, 1.807) is 22.6 Å². The number of hydrogen-bond acceptors (Lipinski definition) is 9. The number of nitrogens with one attached hydrogen (secondary N) is 1. The second-order valence-electron chi connectivity index (χ2n) is 7.94. The molecule has 1 aromatic carbocycles. The van der Waals surface area contributed by atoms with Crippen LogP contribution in [0.5, 0.6) is 0 Å². The maximum absolute atomic E-state index is 13.8. The first-order chi connectivity index (χ1) is 18.4. The van der Waals surface area contributed by atoms with E-state index >= 15 is 0 Å². The lowest BCUT2D eigenvalue weighted by Crippen LogP contribution is -2.46. The van der Waals surface area contributed by atoms with Crippen LogP contribution in [0.15, 0.2) is 0 Å². The Kier molecular flexibility index (Phi) is 15.9. The van der Waals surface area contributed by atoms with Gasteiger partial charge in [-0.1, -0.05) is 0 Å². The van der Waals surface area contributed by atoms with Gasteiger partial charge in [-0.15, -0.1) is 0 Å². The standard InChI is InChI=1S/C22H30I3N5O9/c1-12(35)27-20-18(24)15(21(38)29(4-8-33)10-13(26)36)17(23)16(19(20)25)22(39)30(5-9-34)11-14(37)28(2-6-31)3-7-32/h31-34H,2-11H2,1H3,(H2,26,36)(H,27,35). The van der Waals surface area contributed by atoms with E-state index in [0.717, 1.165) is 14.7 Å². The molecular formula is C22H30I3N5O9. The van der Waals surface area contributed by atoms with E-state index in [1.807, 2.05) is 45.2 Å². The van der Waals surface area contributed by atoms with E-state index in [9.17, 15) is 44.4 Å². The summed E-state index contributed by atoms with van der Waals surface area (Å²) in [7, 11) is 0. The minimum atomic E-state index is -0.825. The number of halogens is 3. The van der Waals surface area contributed by atoms with E-state index < -0.39 is 55.8 Å². The van der Waals surface area contributed by atoms with Crippen molar-refractivity contribution in [1.82, 2.24) is 14.7 Å². The number of amides is 5. The molecule has 1 rings (SSSR count). The summed E-state index contributed by atoms with van der Waals surface area (Å²) in [5, 5.41) is 40.1. The molecule has 0 heterocycles. The Morgan fingerprint density at radius 3 is 1.44 bits per heavy atom. The number of primary amides is 1. The van der Waals surface area contributed by atoms with Crippen LogP contribution >= 0.6 is 67.8 Å². The zero-order valence-electron chi connectivity index (χ0n) is 21.0. The summed E-state index contributed by atoms with van der Waals surface area (Å²) in [6, 6.07) is 0. The second-order valence-corrected chi connectivity index (χ2v) is 11.2. The van der Waals surface area contributed by atoms with E-state index in [1.165, 1.54) is 6.92 Å². The van der Waals surface area contributed by atoms with Crippen molar-refractivity contribution in [1.29, 1.82) is 0 Å². The minimum absolute atomic E-state index is 0.0316. The largest absolute Gasteiger partial charge is 0.395 e. The third-order valence-electron chi connectivity index (χ3n) is 5.13. The van der Waals surface area contributed by atoms with Crippen LogP contribution in [0.1, 0.15) is 27.6 Å². The summed E-state index contributed by atoms with van der Waals surface area (Å²) in [6.07, 6.45) is 0. The number of benzene rings is 1. The van der Waals surface area contributed by atoms with Crippen molar-refractivity contribution >= 4 is 103 Å². The first kappa shape index (κ1) is 35.6. The lowest BCUT2D eigenvalue weighted by atomic mass is 10.1. The monoisotopic (exact) mass is 889 g/mol. The second kappa shape index (κ2) is 17.4. The summed E-state index contributed by atoms with van der Waals surface area (Å²) < 4.78 is 0.683. The van der Waals surface area contributed by atoms with Crippen molar-refractivity contribution in [2.24, 2.45) is 5.73 Å². The third kappa shape index (κ3) is 9.88. The smallest absolute Gasteiger partial charge is 0.256 e. The molecule has 0 atom stereocenters. The third-order valence-corrected chi connectivity index (χ3v) is 8.36. The molecule has 0 aliphatic heterocycles. The lowest BCUT2D eigenvalue weighted by Gasteiger charge is -2.28. The first-order valence-electron chi connectivity index (χ1n) is 11.4. The molecule has 0 fully saturated rings. The SMILES string of the molecule is CC(=O)Nc1c(I)c(C(=O)N(CCO)CC(N)=O)c(I)c(C(=O)N(CCO)CC(=O)N(CCO)CCO)c1I. The fourth-order valence-corrected chi connectivity index (χ4v) is 7.80. The number of carbonyl (C=O) groups is 5. The highest BCUT2D eigenvalue weighted by atomic mass is 127. The normalized spacial score (nSPS) is 10.7. The summed E-state index contributed by atoms with van der Waals surface area (Å²) >= 11 is 5.45. The van der Waals surface area contributed by atoms with Gasteiger partial charge in [0, 0.05) is 36.7 Å². The van der Waals surface area contributed by atoms with Crippen molar-refractivity contribution in [3.63, 3.8) is 0 Å². The molecular weight excluding hydrogens is 859 g/mol. The van der Waals surface area contributed by atoms with E-state index in [4.69, 9.17) is 5.73 Å². The quantitative estimate of drug-likeness (QED) is 0.115. The topological polar surface area (TPSA) is 214 Å². The maximum atomic E-state index is 13.8. The van der Waals surface area contributed by atoms with Gasteiger partial charge in [-0.2, -0.15) is 0 Å². The molecule has 0 unspecified atom stereocenters. The average Bonchev–Trinajstić information content (AvgIpc) is 2.85. The van der Waals surface area contributed by atoms with Gasteiger partial charge < -0.3 is 46.2 Å². The Hall–Kier alpha value is -1.40. The van der Waals surface area contributed by atoms with Crippen LogP contribution in [0.4, 0.5) is 5.69 Å². The van der Waals surface area contributed by atoms with Crippen molar-refractivity contribution < 1.29 is 44.4 Å². The highest BCUT2D eigenvalue weighted by Crippen LogP contribution is 2.37. The molecule has 0 saturated heterocycles. The highest BCUT2D eigenvalue weighted by molar-refractivity contribution is 14.1. The van der Waals surface area contributed by atoms with Crippen molar-refractivity contribution in [2.45, 2.75) is 6.92 Å². The molecule has 14 nitrogen and oxygen atoms in total. The molecule has 7 N–H and O–H groups in total. The van der Waals surface area contributed by atoms with Gasteiger partial charge in [0.15, 0.2) is 0 Å². The van der Waals surface area contributed by atoms with Gasteiger partial charge in [-0.25, -0.2) is 0 Å². The molecule has 0 bridgehead atoms. The average molecular weight is 889 g/mol. The Bertz CT molecular complexity index is 1080. The van der Waals surface area contributed by atoms with E-state index in [0.29, 0.717) is 0 Å². The van der Waals surface area contributed by atoms with Gasteiger partial charge >= 0.3 is 0 Å². The van der Waals surface area contributed by atoms with Gasteiger partial charge in [-0.3, -0.25) is 24.0 Å². The number of rotatable bonds is 15. The molecule has 39 heavy (non-hydrogen) atoms. The van der Waals surface area contributed by atoms with Crippen molar-refractivity contribution in [3.05, 3.63) is 21.8 Å². The number of nitrogens with two attached hydrogens (primary N) is 1. The highest BCUT2D eigenvalue weighted by Gasteiger charge is 2.33. The molecule has 0 aliphatic carbocycles. The molecule has 0 radical (unpaired) electrons. The number of nitrogens with zero attached hydrogens (tertiary/aromatic N) is 3. The zero-order valence-corrected chi connectivity index (χ0v) is 27.4. The van der Waals surface area contributed by atoms with Crippen molar-refractivity contribution in [3.8, 4) is 0 Å². The molecule has 218 valence electrons. The van der Waals surface area contributed by atoms with Crippen LogP contribution in [0.2, 0.25) is 0 Å². The van der Waals surface area contributed by atoms with Crippen LogP contribution in [-0.4, -0.2) is 130 Å². The predicted molar refractivity (Wildman–Crippen MR) is 165 cm³/mol. The fraction of sp³-hybridized carbons (Fsp3) is 0.500. The zero-order chi connectivity index (χ0) is 29.9. The number of aliphatic hydroxyl groups is 4. The summed E-state index contributed by atoms with van der Waals surface area (Å²) in [6.45, 7) is -2.11. The fourth-order valence-electron chi connectivity index (χ4n) is 3.44. The Morgan fingerprint density at radius 2 is 1.08 bits per heavy atom. The number of hydrogen-bond donors (Lipinski definition) is 6. The number of carbonyl (C=O) groups excluding carboxylic acids is 5. The van der Waals surface area contributed by atoms with Crippen LogP contribution in [-0.2, 0) is 14.4 Å². The molecule has 0 spiro atoms. The van der Waals surface area contributed by atoms with Crippen LogP contribution in [0.3, 0.4) is 0 Å². The van der Waals surface area contributed by atoms with Gasteiger partial charge in [-0.05, 0) is 67.8 Å². The predicted octanol–water partition coefficient (Wildman–Crippen LogP) is -1.37. The summed E-state index contributed by atoms with van der Waals surface area (Å²) in [4.78, 5) is 67.0. The van der Waals surface area contributed by atoms with E-state index in [-0.39, 0.29) is 66.9 Å². The molecule has 0 aromatic heterocycles. The molecule has 1 aromatic rings. The van der Waals surface area contributed by atoms with Gasteiger partial charge in [0.25, 0.3) is 11.8 Å². The molecule has 17 heteroatoms. The Balaban J connectivity index is 3.77. The molecule has 0 aliphatic rings. The summed E-state index contributed by atoms with van der Waals surface area (Å²) in [5.74, 6) is -3.37. The maximum Gasteiger partial charge on any atom is 0.256 e. The van der Waals surface area contributed by atoms with E-state index in [2.05, 4.69) is 5.32 Å². The molecule has 0 saturated carbocycles. The number of aliphatic hydroxyl groups excluding tert-OH is 4. The minimum Gasteiger partial charge on any atom is -0.395 e. The summed E-state index contributed by atoms with van der Waals surface area (Å²) in [5.41, 5.74) is 5.35. The van der Waals surface area contributed by atoms with Gasteiger partial charge in [0.2, 0.25) is 17.7 Å². The molecule has 5 amide bonds. The van der Waals surface area contributed by atoms with Gasteiger partial charge in [0.1, 0.15) is 6.54 Å².